The van der Waals surface area contributed by atoms with E-state index in [9.17, 15) is 18.0 Å². The number of hydrogen-bond donors (Lipinski definition) is 1. The molecule has 0 aliphatic heterocycles. The van der Waals surface area contributed by atoms with E-state index in [2.05, 4.69) is 10.3 Å². The Kier molecular flexibility index (Phi) is 5.26. The Morgan fingerprint density at radius 3 is 2.70 bits per heavy atom. The third-order valence-electron chi connectivity index (χ3n) is 2.97. The number of nitrogens with zero attached hydrogens (tertiary/aromatic N) is 2. The van der Waals surface area contributed by atoms with E-state index < -0.39 is 27.9 Å². The monoisotopic (exact) mass is 363 g/mol. The molecule has 0 spiro atoms. The molecule has 1 aromatic heterocycles. The van der Waals surface area contributed by atoms with Crippen LogP contribution in [0.3, 0.4) is 0 Å². The Morgan fingerprint density at radius 2 is 2.13 bits per heavy atom. The standard InChI is InChI=1S/C14H13ClF3N3OS/c1-8(23-13-19-5-6-21(13)2)12(22)20-9-3-4-11(15)10(7-9)14(16,17)18/h3-8H,1-2H3,(H,20,22)/t8-/m0/s1. The molecule has 0 fully saturated rings. The lowest BCUT2D eigenvalue weighted by Gasteiger charge is -2.14. The normalized spacial score (nSPS) is 13.0. The summed E-state index contributed by atoms with van der Waals surface area (Å²) in [4.78, 5) is 16.2. The van der Waals surface area contributed by atoms with Crippen molar-refractivity contribution < 1.29 is 18.0 Å². The van der Waals surface area contributed by atoms with Gasteiger partial charge in [-0.05, 0) is 25.1 Å². The van der Waals surface area contributed by atoms with Crippen LogP contribution in [0, 0.1) is 0 Å². The summed E-state index contributed by atoms with van der Waals surface area (Å²) in [5.74, 6) is -0.423. The number of benzene rings is 1. The Morgan fingerprint density at radius 1 is 1.43 bits per heavy atom. The van der Waals surface area contributed by atoms with Gasteiger partial charge in [-0.25, -0.2) is 4.98 Å². The maximum atomic E-state index is 12.8. The minimum Gasteiger partial charge on any atom is -0.329 e. The fourth-order valence-electron chi connectivity index (χ4n) is 1.74. The summed E-state index contributed by atoms with van der Waals surface area (Å²) in [7, 11) is 1.79. The summed E-state index contributed by atoms with van der Waals surface area (Å²) >= 11 is 6.75. The second-order valence-electron chi connectivity index (χ2n) is 4.76. The number of carbonyl (C=O) groups is 1. The molecule has 1 atom stereocenters. The van der Waals surface area contributed by atoms with E-state index in [0.29, 0.717) is 5.16 Å². The van der Waals surface area contributed by atoms with Crippen LogP contribution in [0.2, 0.25) is 5.02 Å². The number of hydrogen-bond acceptors (Lipinski definition) is 3. The molecule has 0 unspecified atom stereocenters. The summed E-state index contributed by atoms with van der Waals surface area (Å²) in [6.45, 7) is 1.65. The highest BCUT2D eigenvalue weighted by Crippen LogP contribution is 2.36. The van der Waals surface area contributed by atoms with Gasteiger partial charge in [0.2, 0.25) is 5.91 Å². The highest BCUT2D eigenvalue weighted by molar-refractivity contribution is 8.00. The minimum absolute atomic E-state index is 0.0408. The van der Waals surface area contributed by atoms with Crippen molar-refractivity contribution in [1.29, 1.82) is 0 Å². The highest BCUT2D eigenvalue weighted by atomic mass is 35.5. The molecule has 1 N–H and O–H groups in total. The van der Waals surface area contributed by atoms with Gasteiger partial charge in [0, 0.05) is 25.1 Å². The first-order valence-electron chi connectivity index (χ1n) is 6.50. The van der Waals surface area contributed by atoms with Gasteiger partial charge in [-0.15, -0.1) is 0 Å². The lowest BCUT2D eigenvalue weighted by molar-refractivity contribution is -0.137. The Bertz CT molecular complexity index is 718. The van der Waals surface area contributed by atoms with Crippen LogP contribution in [0.5, 0.6) is 0 Å². The molecule has 4 nitrogen and oxygen atoms in total. The van der Waals surface area contributed by atoms with Gasteiger partial charge in [0.1, 0.15) is 0 Å². The molecule has 0 saturated heterocycles. The molecular formula is C14H13ClF3N3OS. The Labute approximate surface area is 140 Å². The van der Waals surface area contributed by atoms with Crippen LogP contribution in [0.4, 0.5) is 18.9 Å². The van der Waals surface area contributed by atoms with E-state index in [1.807, 2.05) is 0 Å². The smallest absolute Gasteiger partial charge is 0.329 e. The summed E-state index contributed by atoms with van der Waals surface area (Å²) in [5, 5.41) is 2.16. The van der Waals surface area contributed by atoms with Crippen LogP contribution in [-0.4, -0.2) is 20.7 Å². The van der Waals surface area contributed by atoms with Crippen LogP contribution >= 0.6 is 23.4 Å². The molecule has 124 valence electrons. The number of amides is 1. The summed E-state index contributed by atoms with van der Waals surface area (Å²) in [5.41, 5.74) is -0.944. The van der Waals surface area contributed by atoms with E-state index in [1.54, 1.807) is 30.9 Å². The summed E-state index contributed by atoms with van der Waals surface area (Å²) < 4.78 is 40.2. The highest BCUT2D eigenvalue weighted by Gasteiger charge is 2.33. The third kappa shape index (κ3) is 4.42. The number of halogens is 4. The zero-order valence-corrected chi connectivity index (χ0v) is 13.8. The molecular weight excluding hydrogens is 351 g/mol. The number of aryl methyl sites for hydroxylation is 1. The van der Waals surface area contributed by atoms with Crippen LogP contribution in [-0.2, 0) is 18.0 Å². The molecule has 1 aromatic carbocycles. The number of nitrogens with one attached hydrogen (secondary N) is 1. The first-order chi connectivity index (χ1) is 10.7. The Hall–Kier alpha value is -1.67. The number of imidazole rings is 1. The number of anilines is 1. The molecule has 1 heterocycles. The molecule has 1 amide bonds. The topological polar surface area (TPSA) is 46.9 Å². The number of carbonyl (C=O) groups excluding carboxylic acids is 1. The quantitative estimate of drug-likeness (QED) is 0.828. The molecule has 2 aromatic rings. The maximum absolute atomic E-state index is 12.8. The maximum Gasteiger partial charge on any atom is 0.417 e. The van der Waals surface area contributed by atoms with Gasteiger partial charge in [0.05, 0.1) is 15.8 Å². The van der Waals surface area contributed by atoms with Crippen molar-refractivity contribution >= 4 is 35.0 Å². The van der Waals surface area contributed by atoms with Crippen molar-refractivity contribution in [3.63, 3.8) is 0 Å². The van der Waals surface area contributed by atoms with Crippen molar-refractivity contribution in [2.45, 2.75) is 23.5 Å². The van der Waals surface area contributed by atoms with Crippen molar-refractivity contribution in [3.8, 4) is 0 Å². The van der Waals surface area contributed by atoms with Gasteiger partial charge < -0.3 is 9.88 Å². The second-order valence-corrected chi connectivity index (χ2v) is 6.48. The first-order valence-corrected chi connectivity index (χ1v) is 7.76. The van der Waals surface area contributed by atoms with Gasteiger partial charge in [-0.2, -0.15) is 13.2 Å². The summed E-state index contributed by atoms with van der Waals surface area (Å²) in [6.07, 6.45) is -1.24. The number of thioether (sulfide) groups is 1. The number of rotatable bonds is 4. The first kappa shape index (κ1) is 17.7. The van der Waals surface area contributed by atoms with Gasteiger partial charge in [-0.3, -0.25) is 4.79 Å². The lowest BCUT2D eigenvalue weighted by Crippen LogP contribution is -2.23. The zero-order valence-electron chi connectivity index (χ0n) is 12.2. The van der Waals surface area contributed by atoms with Crippen LogP contribution in [0.1, 0.15) is 12.5 Å². The van der Waals surface area contributed by atoms with Gasteiger partial charge in [-0.1, -0.05) is 23.4 Å². The third-order valence-corrected chi connectivity index (χ3v) is 4.47. The minimum atomic E-state index is -4.58. The van der Waals surface area contributed by atoms with E-state index in [0.717, 1.165) is 12.1 Å². The summed E-state index contributed by atoms with van der Waals surface area (Å²) in [6, 6.07) is 3.25. The molecule has 0 saturated carbocycles. The SMILES string of the molecule is C[C@H](Sc1nccn1C)C(=O)Nc1ccc(Cl)c(C(F)(F)F)c1. The number of alkyl halides is 3. The fourth-order valence-corrected chi connectivity index (χ4v) is 2.80. The molecule has 9 heteroatoms. The van der Waals surface area contributed by atoms with Gasteiger partial charge in [0.15, 0.2) is 5.16 Å². The lowest BCUT2D eigenvalue weighted by atomic mass is 10.2. The van der Waals surface area contributed by atoms with Gasteiger partial charge in [0.25, 0.3) is 0 Å². The fraction of sp³-hybridized carbons (Fsp3) is 0.286. The molecule has 0 aliphatic rings. The molecule has 2 rings (SSSR count). The molecule has 0 bridgehead atoms. The van der Waals surface area contributed by atoms with Crippen LogP contribution in [0.25, 0.3) is 0 Å². The largest absolute Gasteiger partial charge is 0.417 e. The van der Waals surface area contributed by atoms with E-state index in [4.69, 9.17) is 11.6 Å². The van der Waals surface area contributed by atoms with Crippen molar-refractivity contribution in [2.75, 3.05) is 5.32 Å². The van der Waals surface area contributed by atoms with Gasteiger partial charge >= 0.3 is 6.18 Å². The van der Waals surface area contributed by atoms with Crippen LogP contribution < -0.4 is 5.32 Å². The average Bonchev–Trinajstić information content (AvgIpc) is 2.85. The second kappa shape index (κ2) is 6.84. The van der Waals surface area contributed by atoms with Crippen LogP contribution in [0.15, 0.2) is 35.7 Å². The van der Waals surface area contributed by atoms with Crippen molar-refractivity contribution in [2.24, 2.45) is 7.05 Å². The molecule has 0 aliphatic carbocycles. The van der Waals surface area contributed by atoms with E-state index in [1.165, 1.54) is 17.8 Å². The average molecular weight is 364 g/mol. The predicted octanol–water partition coefficient (Wildman–Crippen LogP) is 4.21. The molecule has 23 heavy (non-hydrogen) atoms. The number of aromatic nitrogens is 2. The van der Waals surface area contributed by atoms with E-state index in [-0.39, 0.29) is 5.69 Å². The van der Waals surface area contributed by atoms with Crippen molar-refractivity contribution in [3.05, 3.63) is 41.2 Å². The van der Waals surface area contributed by atoms with Crippen molar-refractivity contribution in [1.82, 2.24) is 9.55 Å². The molecule has 0 radical (unpaired) electrons. The van der Waals surface area contributed by atoms with E-state index >= 15 is 0 Å². The predicted molar refractivity (Wildman–Crippen MR) is 83.6 cm³/mol. The Balaban J connectivity index is 2.09. The zero-order chi connectivity index (χ0) is 17.2.